The number of aliphatic hydroxyl groups is 2. The first kappa shape index (κ1) is 30.9. The first-order valence-electron chi connectivity index (χ1n) is 13.0. The number of carbonyl (C=O) groups is 1. The number of aliphatic hydroxyl groups excluding tert-OH is 2. The predicted octanol–water partition coefficient (Wildman–Crippen LogP) is 1.74. The van der Waals surface area contributed by atoms with Crippen LogP contribution in [0.15, 0.2) is 6.33 Å². The van der Waals surface area contributed by atoms with E-state index in [9.17, 15) is 29.0 Å². The number of rotatable bonds is 9. The Morgan fingerprint density at radius 2 is 1.90 bits per heavy atom. The third-order valence-corrected chi connectivity index (χ3v) is 12.8. The Kier molecular flexibility index (Phi) is 7.99. The fourth-order valence-corrected chi connectivity index (χ4v) is 9.21. The van der Waals surface area contributed by atoms with E-state index in [0.717, 1.165) is 19.3 Å². The normalized spacial score (nSPS) is 34.3. The van der Waals surface area contributed by atoms with E-state index in [0.29, 0.717) is 5.92 Å². The largest absolute Gasteiger partial charge is 0.461 e. The number of hydrogen-bond donors (Lipinski definition) is 5. The van der Waals surface area contributed by atoms with E-state index < -0.39 is 58.2 Å². The Hall–Kier alpha value is -1.51. The van der Waals surface area contributed by atoms with Gasteiger partial charge in [-0.2, -0.15) is 4.98 Å². The zero-order chi connectivity index (χ0) is 30.1. The van der Waals surface area contributed by atoms with Gasteiger partial charge in [-0.05, 0) is 42.2 Å². The molecule has 228 valence electrons. The molecule has 0 radical (unpaired) electrons. The lowest BCUT2D eigenvalue weighted by molar-refractivity contribution is -0.156. The summed E-state index contributed by atoms with van der Waals surface area (Å²) in [6.45, 7) is 5.85. The molecular weight excluding hydrogens is 606 g/mol. The van der Waals surface area contributed by atoms with Crippen molar-refractivity contribution in [2.45, 2.75) is 77.1 Å². The summed E-state index contributed by atoms with van der Waals surface area (Å²) < 4.78 is 40.6. The second-order valence-electron chi connectivity index (χ2n) is 11.8. The van der Waals surface area contributed by atoms with E-state index >= 15 is 0 Å². The molecule has 18 heteroatoms. The summed E-state index contributed by atoms with van der Waals surface area (Å²) in [5.74, 6) is -1.42. The van der Waals surface area contributed by atoms with Crippen molar-refractivity contribution in [3.8, 4) is 0 Å². The van der Waals surface area contributed by atoms with Crippen molar-refractivity contribution in [1.82, 2.24) is 19.5 Å². The van der Waals surface area contributed by atoms with Crippen LogP contribution in [0.4, 0.5) is 0 Å². The highest BCUT2D eigenvalue weighted by Gasteiger charge is 2.62. The monoisotopic (exact) mass is 638 g/mol. The van der Waals surface area contributed by atoms with Crippen molar-refractivity contribution in [3.05, 3.63) is 17.3 Å². The van der Waals surface area contributed by atoms with Crippen LogP contribution >= 0.6 is 26.8 Å². The maximum absolute atomic E-state index is 13.0. The van der Waals surface area contributed by atoms with Gasteiger partial charge in [0.15, 0.2) is 17.8 Å². The minimum atomic E-state index is -4.86. The molecule has 5 N–H and O–H groups in total. The van der Waals surface area contributed by atoms with Crippen LogP contribution in [0.25, 0.3) is 11.2 Å². The molecular formula is C23H33ClN4O11P2. The van der Waals surface area contributed by atoms with Gasteiger partial charge in [-0.3, -0.25) is 18.5 Å². The summed E-state index contributed by atoms with van der Waals surface area (Å²) in [4.78, 5) is 53.2. The molecule has 2 bridgehead atoms. The minimum absolute atomic E-state index is 0.0611. The van der Waals surface area contributed by atoms with Gasteiger partial charge in [0, 0.05) is 5.41 Å². The lowest BCUT2D eigenvalue weighted by Crippen LogP contribution is -2.38. The summed E-state index contributed by atoms with van der Waals surface area (Å²) in [7, 11) is -9.58. The van der Waals surface area contributed by atoms with Gasteiger partial charge < -0.3 is 38.9 Å². The van der Waals surface area contributed by atoms with Crippen molar-refractivity contribution in [2.75, 3.05) is 12.5 Å². The Morgan fingerprint density at radius 1 is 1.20 bits per heavy atom. The summed E-state index contributed by atoms with van der Waals surface area (Å²) in [6.07, 6.45) is -2.12. The molecule has 1 saturated heterocycles. The predicted molar refractivity (Wildman–Crippen MR) is 142 cm³/mol. The first-order valence-corrected chi connectivity index (χ1v) is 17.0. The van der Waals surface area contributed by atoms with Gasteiger partial charge in [0.05, 0.1) is 25.0 Å². The SMILES string of the molecule is CC1(C)[C@@H]2CC[C@@]1(C)C(OC(=O)Cc1nc(Cl)nc3c1ncn3[C@@H]1O[C@H](COP(=O)(O)CP(=O)(O)O)C(O)[C@@H]1O)C2. The lowest BCUT2D eigenvalue weighted by Gasteiger charge is -2.38. The van der Waals surface area contributed by atoms with Gasteiger partial charge >= 0.3 is 21.2 Å². The number of aromatic nitrogens is 4. The number of fused-ring (bicyclic) bond motifs is 3. The van der Waals surface area contributed by atoms with Gasteiger partial charge in [-0.25, -0.2) is 9.97 Å². The fraction of sp³-hybridized carbons (Fsp3) is 0.739. The highest BCUT2D eigenvalue weighted by molar-refractivity contribution is 7.70. The number of imidazole rings is 1. The van der Waals surface area contributed by atoms with Crippen molar-refractivity contribution in [3.63, 3.8) is 0 Å². The van der Waals surface area contributed by atoms with Gasteiger partial charge in [0.2, 0.25) is 5.28 Å². The van der Waals surface area contributed by atoms with Gasteiger partial charge in [-0.1, -0.05) is 20.8 Å². The maximum atomic E-state index is 13.0. The van der Waals surface area contributed by atoms with Crippen LogP contribution in [0.1, 0.15) is 52.0 Å². The highest BCUT2D eigenvalue weighted by Crippen LogP contribution is 2.66. The zero-order valence-corrected chi connectivity index (χ0v) is 25.1. The first-order chi connectivity index (χ1) is 18.9. The third-order valence-electron chi connectivity index (χ3n) is 9.18. The molecule has 5 rings (SSSR count). The molecule has 3 unspecified atom stereocenters. The standard InChI is InChI=1S/C23H33ClN4O11P2/c1-22(2)11-4-5-23(22,3)14(6-11)39-15(29)7-12-16-19(27-21(24)26-12)28(9-25-16)20-18(31)17(30)13(38-20)8-37-41(35,36)10-40(32,33)34/h9,11,13-14,17-18,20,30-31H,4-8,10H2,1-3H3,(H,35,36)(H2,32,33,34)/t11-,13-,14?,17?,18+,20-,23+/m1/s1. The second kappa shape index (κ2) is 10.6. The molecule has 0 spiro atoms. The molecule has 0 aromatic carbocycles. The molecule has 2 aliphatic carbocycles. The van der Waals surface area contributed by atoms with E-state index in [-0.39, 0.29) is 45.5 Å². The molecule has 15 nitrogen and oxygen atoms in total. The van der Waals surface area contributed by atoms with Crippen LogP contribution in [0.5, 0.6) is 0 Å². The van der Waals surface area contributed by atoms with Crippen molar-refractivity contribution in [1.29, 1.82) is 0 Å². The number of hydrogen-bond acceptors (Lipinski definition) is 11. The topological polar surface area (TPSA) is 224 Å². The molecule has 3 fully saturated rings. The van der Waals surface area contributed by atoms with Crippen molar-refractivity contribution < 1.29 is 52.8 Å². The summed E-state index contributed by atoms with van der Waals surface area (Å²) in [6, 6.07) is 0. The van der Waals surface area contributed by atoms with Crippen molar-refractivity contribution >= 4 is 43.9 Å². The molecule has 2 saturated carbocycles. The maximum Gasteiger partial charge on any atom is 0.340 e. The summed E-state index contributed by atoms with van der Waals surface area (Å²) in [5, 5.41) is 20.9. The quantitative estimate of drug-likeness (QED) is 0.150. The Bertz CT molecular complexity index is 1450. The fourth-order valence-electron chi connectivity index (χ4n) is 6.46. The number of halogens is 1. The molecule has 2 aromatic rings. The summed E-state index contributed by atoms with van der Waals surface area (Å²) in [5.41, 5.74) is 0.420. The molecule has 2 aromatic heterocycles. The molecule has 0 amide bonds. The van der Waals surface area contributed by atoms with Crippen LogP contribution in [-0.4, -0.2) is 87.3 Å². The molecule has 3 heterocycles. The van der Waals surface area contributed by atoms with E-state index in [1.165, 1.54) is 10.9 Å². The van der Waals surface area contributed by atoms with Gasteiger partial charge in [0.25, 0.3) is 0 Å². The van der Waals surface area contributed by atoms with E-state index in [2.05, 4.69) is 35.7 Å². The van der Waals surface area contributed by atoms with E-state index in [1.807, 2.05) is 0 Å². The molecule has 1 aliphatic heterocycles. The van der Waals surface area contributed by atoms with Gasteiger partial charge in [0.1, 0.15) is 29.9 Å². The number of esters is 1. The lowest BCUT2D eigenvalue weighted by atomic mass is 9.70. The Labute approximate surface area is 239 Å². The van der Waals surface area contributed by atoms with Crippen LogP contribution < -0.4 is 0 Å². The average molecular weight is 639 g/mol. The number of carbonyl (C=O) groups excluding carboxylic acids is 1. The number of nitrogens with zero attached hydrogens (tertiary/aromatic N) is 4. The van der Waals surface area contributed by atoms with Crippen LogP contribution in [0.2, 0.25) is 5.28 Å². The van der Waals surface area contributed by atoms with Crippen molar-refractivity contribution in [2.24, 2.45) is 16.7 Å². The van der Waals surface area contributed by atoms with Crippen LogP contribution in [0.3, 0.4) is 0 Å². The minimum Gasteiger partial charge on any atom is -0.461 e. The Morgan fingerprint density at radius 3 is 2.51 bits per heavy atom. The highest BCUT2D eigenvalue weighted by atomic mass is 35.5. The second-order valence-corrected chi connectivity index (χ2v) is 16.1. The number of ether oxygens (including phenoxy) is 2. The van der Waals surface area contributed by atoms with E-state index in [4.69, 9.17) is 35.4 Å². The smallest absolute Gasteiger partial charge is 0.340 e. The van der Waals surface area contributed by atoms with Crippen LogP contribution in [0, 0.1) is 16.7 Å². The summed E-state index contributed by atoms with van der Waals surface area (Å²) >= 11 is 6.16. The average Bonchev–Trinajstić information content (AvgIpc) is 3.49. The Balaban J connectivity index is 1.31. The molecule has 8 atom stereocenters. The molecule has 41 heavy (non-hydrogen) atoms. The third kappa shape index (κ3) is 5.74. The zero-order valence-electron chi connectivity index (χ0n) is 22.5. The van der Waals surface area contributed by atoms with E-state index in [1.54, 1.807) is 0 Å². The van der Waals surface area contributed by atoms with Gasteiger partial charge in [-0.15, -0.1) is 0 Å². The molecule has 3 aliphatic rings. The van der Waals surface area contributed by atoms with Crippen LogP contribution in [-0.2, 0) is 34.3 Å².